The lowest BCUT2D eigenvalue weighted by Crippen LogP contribution is -2.30. The molecule has 4 aromatic rings. The Hall–Kier alpha value is -3.56. The predicted molar refractivity (Wildman–Crippen MR) is 126 cm³/mol. The zero-order valence-electron chi connectivity index (χ0n) is 16.5. The molecule has 0 saturated carbocycles. The number of benzene rings is 2. The van der Waals surface area contributed by atoms with Gasteiger partial charge in [0.2, 0.25) is 0 Å². The molecule has 32 heavy (non-hydrogen) atoms. The number of fused-ring (bicyclic) bond motifs is 1. The second-order valence-corrected chi connectivity index (χ2v) is 8.70. The Kier molecular flexibility index (Phi) is 5.42. The summed E-state index contributed by atoms with van der Waals surface area (Å²) in [5.74, 6) is -0.336. The molecule has 1 aliphatic rings. The van der Waals surface area contributed by atoms with Gasteiger partial charge in [0.1, 0.15) is 11.5 Å². The molecule has 0 fully saturated rings. The number of aromatic nitrogens is 2. The Bertz CT molecular complexity index is 1430. The fourth-order valence-corrected chi connectivity index (χ4v) is 4.86. The summed E-state index contributed by atoms with van der Waals surface area (Å²) in [5, 5.41) is 2.24. The minimum atomic E-state index is -0.388. The number of aliphatic imine (C=N–C) groups is 1. The highest BCUT2D eigenvalue weighted by atomic mass is 32.2. The molecular weight excluding hydrogens is 447 g/mol. The van der Waals surface area contributed by atoms with Crippen molar-refractivity contribution in [3.05, 3.63) is 105 Å². The van der Waals surface area contributed by atoms with E-state index in [0.717, 1.165) is 5.56 Å². The van der Waals surface area contributed by atoms with Crippen molar-refractivity contribution < 1.29 is 9.18 Å². The monoisotopic (exact) mass is 462 g/mol. The highest BCUT2D eigenvalue weighted by molar-refractivity contribution is 8.13. The second kappa shape index (κ2) is 8.52. The Morgan fingerprint density at radius 3 is 2.62 bits per heavy atom. The minimum Gasteiger partial charge on any atom is -0.269 e. The molecule has 3 heterocycles. The molecule has 1 aliphatic heterocycles. The zero-order valence-corrected chi connectivity index (χ0v) is 18.1. The van der Waals surface area contributed by atoms with E-state index in [1.54, 1.807) is 17.7 Å². The van der Waals surface area contributed by atoms with Gasteiger partial charge in [-0.05, 0) is 35.9 Å². The van der Waals surface area contributed by atoms with Crippen molar-refractivity contribution in [2.24, 2.45) is 4.99 Å². The summed E-state index contributed by atoms with van der Waals surface area (Å²) in [4.78, 5) is 36.6. The molecule has 0 saturated heterocycles. The third-order valence-electron chi connectivity index (χ3n) is 4.72. The van der Waals surface area contributed by atoms with E-state index in [2.05, 4.69) is 9.98 Å². The molecule has 0 atom stereocenters. The average molecular weight is 463 g/mol. The first kappa shape index (κ1) is 20.3. The molecule has 158 valence electrons. The van der Waals surface area contributed by atoms with Gasteiger partial charge < -0.3 is 0 Å². The topological polar surface area (TPSA) is 67.0 Å². The van der Waals surface area contributed by atoms with Gasteiger partial charge in [-0.25, -0.2) is 14.4 Å². The number of amidine groups is 1. The normalized spacial score (nSPS) is 15.0. The smallest absolute Gasteiger partial charge is 0.269 e. The van der Waals surface area contributed by atoms with Crippen molar-refractivity contribution in [1.29, 1.82) is 0 Å². The van der Waals surface area contributed by atoms with Crippen LogP contribution in [0.1, 0.15) is 11.3 Å². The molecule has 2 aromatic heterocycles. The molecule has 0 N–H and O–H groups in total. The van der Waals surface area contributed by atoms with Crippen LogP contribution in [-0.2, 0) is 10.5 Å². The molecule has 6 nitrogen and oxygen atoms in total. The molecule has 5 rings (SSSR count). The van der Waals surface area contributed by atoms with Crippen molar-refractivity contribution in [2.45, 2.75) is 5.75 Å². The molecule has 0 spiro atoms. The van der Waals surface area contributed by atoms with E-state index in [-0.39, 0.29) is 23.0 Å². The number of rotatable bonds is 4. The van der Waals surface area contributed by atoms with Gasteiger partial charge in [0.25, 0.3) is 11.5 Å². The zero-order chi connectivity index (χ0) is 22.1. The van der Waals surface area contributed by atoms with Crippen LogP contribution in [0.15, 0.2) is 87.7 Å². The molecule has 0 unspecified atom stereocenters. The number of carbonyl (C=O) groups is 1. The molecule has 9 heteroatoms. The lowest BCUT2D eigenvalue weighted by atomic mass is 10.2. The first-order valence-electron chi connectivity index (χ1n) is 9.62. The number of thioether (sulfide) groups is 1. The van der Waals surface area contributed by atoms with Crippen LogP contribution >= 0.6 is 23.1 Å². The first-order chi connectivity index (χ1) is 15.6. The largest absolute Gasteiger partial charge is 0.283 e. The van der Waals surface area contributed by atoms with Gasteiger partial charge in [0, 0.05) is 23.4 Å². The van der Waals surface area contributed by atoms with Gasteiger partial charge in [-0.15, -0.1) is 11.3 Å². The highest BCUT2D eigenvalue weighted by Crippen LogP contribution is 2.30. The highest BCUT2D eigenvalue weighted by Gasteiger charge is 2.32. The third-order valence-corrected chi connectivity index (χ3v) is 6.45. The number of carbonyl (C=O) groups excluding carboxylic acids is 1. The third kappa shape index (κ3) is 4.00. The Morgan fingerprint density at radius 2 is 1.84 bits per heavy atom. The summed E-state index contributed by atoms with van der Waals surface area (Å²) in [6, 6.07) is 16.6. The van der Waals surface area contributed by atoms with E-state index < -0.39 is 0 Å². The van der Waals surface area contributed by atoms with Crippen LogP contribution in [0.3, 0.4) is 0 Å². The van der Waals surface area contributed by atoms with E-state index in [1.807, 2.05) is 30.3 Å². The summed E-state index contributed by atoms with van der Waals surface area (Å²) in [7, 11) is 0. The van der Waals surface area contributed by atoms with Crippen LogP contribution in [0.5, 0.6) is 0 Å². The number of hydrogen-bond acceptors (Lipinski definition) is 6. The fraction of sp³-hybridized carbons (Fsp3) is 0.0435. The molecular formula is C23H15FN4O2S2. The SMILES string of the molecule is O=C1/C(=C/c2ccccc2)N=C(SCc2cc(=O)n3ccsc3n2)N1c1ccc(F)cc1. The number of hydrogen-bond donors (Lipinski definition) is 0. The Labute approximate surface area is 190 Å². The van der Waals surface area contributed by atoms with Crippen LogP contribution in [-0.4, -0.2) is 20.5 Å². The first-order valence-corrected chi connectivity index (χ1v) is 11.5. The Balaban J connectivity index is 1.48. The fourth-order valence-electron chi connectivity index (χ4n) is 3.22. The van der Waals surface area contributed by atoms with Crippen LogP contribution in [0, 0.1) is 5.82 Å². The van der Waals surface area contributed by atoms with Gasteiger partial charge in [0.15, 0.2) is 10.1 Å². The lowest BCUT2D eigenvalue weighted by Gasteiger charge is -2.17. The second-order valence-electron chi connectivity index (χ2n) is 6.88. The number of thiazole rings is 1. The minimum absolute atomic E-state index is 0.156. The van der Waals surface area contributed by atoms with Gasteiger partial charge in [-0.2, -0.15) is 0 Å². The van der Waals surface area contributed by atoms with Crippen molar-refractivity contribution in [3.8, 4) is 0 Å². The standard InChI is InChI=1S/C23H15FN4O2S2/c24-16-6-8-18(9-7-16)28-21(30)19(12-15-4-2-1-3-5-15)26-23(28)32-14-17-13-20(29)27-10-11-31-22(27)25-17/h1-13H,14H2/b19-12-. The van der Waals surface area contributed by atoms with Crippen LogP contribution in [0.25, 0.3) is 11.0 Å². The van der Waals surface area contributed by atoms with Crippen LogP contribution in [0.2, 0.25) is 0 Å². The summed E-state index contributed by atoms with van der Waals surface area (Å²) < 4.78 is 14.9. The van der Waals surface area contributed by atoms with Gasteiger partial charge in [-0.1, -0.05) is 42.1 Å². The van der Waals surface area contributed by atoms with E-state index in [1.165, 1.54) is 62.7 Å². The van der Waals surface area contributed by atoms with E-state index >= 15 is 0 Å². The van der Waals surface area contributed by atoms with E-state index in [9.17, 15) is 14.0 Å². The quantitative estimate of drug-likeness (QED) is 0.417. The van der Waals surface area contributed by atoms with Crippen molar-refractivity contribution >= 4 is 50.9 Å². The summed E-state index contributed by atoms with van der Waals surface area (Å²) in [6.45, 7) is 0. The summed E-state index contributed by atoms with van der Waals surface area (Å²) in [5.41, 5.74) is 2.09. The molecule has 1 amide bonds. The van der Waals surface area contributed by atoms with Crippen LogP contribution in [0.4, 0.5) is 10.1 Å². The van der Waals surface area contributed by atoms with Crippen LogP contribution < -0.4 is 10.5 Å². The number of amides is 1. The van der Waals surface area contributed by atoms with E-state index in [0.29, 0.717) is 27.3 Å². The molecule has 0 bridgehead atoms. The van der Waals surface area contributed by atoms with Crippen molar-refractivity contribution in [2.75, 3.05) is 4.90 Å². The van der Waals surface area contributed by atoms with E-state index in [4.69, 9.17) is 0 Å². The maximum Gasteiger partial charge on any atom is 0.283 e. The van der Waals surface area contributed by atoms with Gasteiger partial charge in [-0.3, -0.25) is 18.9 Å². The summed E-state index contributed by atoms with van der Waals surface area (Å²) in [6.07, 6.45) is 3.40. The van der Waals surface area contributed by atoms with Gasteiger partial charge >= 0.3 is 0 Å². The van der Waals surface area contributed by atoms with Crippen molar-refractivity contribution in [3.63, 3.8) is 0 Å². The lowest BCUT2D eigenvalue weighted by molar-refractivity contribution is -0.113. The maximum atomic E-state index is 13.5. The number of halogens is 1. The molecule has 0 aliphatic carbocycles. The molecule has 2 aromatic carbocycles. The number of nitrogens with zero attached hydrogens (tertiary/aromatic N) is 4. The maximum absolute atomic E-state index is 13.5. The summed E-state index contributed by atoms with van der Waals surface area (Å²) >= 11 is 2.67. The Morgan fingerprint density at radius 1 is 1.06 bits per heavy atom. The number of anilines is 1. The van der Waals surface area contributed by atoms with Crippen molar-refractivity contribution in [1.82, 2.24) is 9.38 Å². The molecule has 0 radical (unpaired) electrons. The predicted octanol–water partition coefficient (Wildman–Crippen LogP) is 4.57. The average Bonchev–Trinajstić information content (AvgIpc) is 3.39. The van der Waals surface area contributed by atoms with Gasteiger partial charge in [0.05, 0.1) is 11.4 Å².